The zero-order chi connectivity index (χ0) is 13.1. The monoisotopic (exact) mass is 243 g/mol. The second kappa shape index (κ2) is 4.74. The molecular formula is C10H8F3N3O. The van der Waals surface area contributed by atoms with E-state index in [-0.39, 0.29) is 17.8 Å². The van der Waals surface area contributed by atoms with E-state index in [4.69, 9.17) is 11.0 Å². The first kappa shape index (κ1) is 12.8. The standard InChI is InChI=1S/C10H8F3N3O/c11-10(12,13)9(17)16-8-2-1-6(3-4-14)5-7(8)15/h1-2,5H,3,15H2,(H,16,17). The van der Waals surface area contributed by atoms with Crippen molar-refractivity contribution in [3.8, 4) is 6.07 Å². The molecule has 0 aliphatic carbocycles. The molecule has 7 heteroatoms. The molecule has 4 nitrogen and oxygen atoms in total. The topological polar surface area (TPSA) is 78.9 Å². The Bertz CT molecular complexity index is 477. The van der Waals surface area contributed by atoms with Crippen LogP contribution in [0.2, 0.25) is 0 Å². The molecule has 0 aromatic heterocycles. The zero-order valence-corrected chi connectivity index (χ0v) is 8.51. The Hall–Kier alpha value is -2.23. The van der Waals surface area contributed by atoms with Gasteiger partial charge in [-0.3, -0.25) is 4.79 Å². The van der Waals surface area contributed by atoms with Gasteiger partial charge in [-0.15, -0.1) is 0 Å². The van der Waals surface area contributed by atoms with Crippen LogP contribution in [0.4, 0.5) is 24.5 Å². The van der Waals surface area contributed by atoms with Crippen molar-refractivity contribution in [1.82, 2.24) is 0 Å². The number of rotatable bonds is 2. The average molecular weight is 243 g/mol. The number of halogens is 3. The molecule has 0 heterocycles. The number of hydrogen-bond donors (Lipinski definition) is 2. The normalized spacial score (nSPS) is 10.7. The van der Waals surface area contributed by atoms with Crippen molar-refractivity contribution in [3.05, 3.63) is 23.8 Å². The Morgan fingerprint density at radius 1 is 1.47 bits per heavy atom. The molecular weight excluding hydrogens is 235 g/mol. The summed E-state index contributed by atoms with van der Waals surface area (Å²) in [5, 5.41) is 10.1. The van der Waals surface area contributed by atoms with Crippen LogP contribution in [0, 0.1) is 11.3 Å². The van der Waals surface area contributed by atoms with Crippen molar-refractivity contribution in [3.63, 3.8) is 0 Å². The van der Waals surface area contributed by atoms with Gasteiger partial charge in [0, 0.05) is 0 Å². The van der Waals surface area contributed by atoms with E-state index in [1.165, 1.54) is 18.2 Å². The number of nitrogens with two attached hydrogens (primary N) is 1. The molecule has 1 amide bonds. The second-order valence-electron chi connectivity index (χ2n) is 3.21. The predicted molar refractivity (Wildman–Crippen MR) is 54.9 cm³/mol. The Kier molecular flexibility index (Phi) is 3.58. The lowest BCUT2D eigenvalue weighted by atomic mass is 10.1. The molecule has 0 aliphatic rings. The van der Waals surface area contributed by atoms with E-state index in [0.29, 0.717) is 5.56 Å². The minimum absolute atomic E-state index is 0.0182. The van der Waals surface area contributed by atoms with Crippen LogP contribution in [-0.2, 0) is 11.2 Å². The molecule has 17 heavy (non-hydrogen) atoms. The summed E-state index contributed by atoms with van der Waals surface area (Å²) >= 11 is 0. The minimum atomic E-state index is -4.96. The lowest BCUT2D eigenvalue weighted by molar-refractivity contribution is -0.167. The summed E-state index contributed by atoms with van der Waals surface area (Å²) in [7, 11) is 0. The molecule has 0 unspecified atom stereocenters. The molecule has 1 rings (SSSR count). The van der Waals surface area contributed by atoms with Gasteiger partial charge in [0.2, 0.25) is 0 Å². The summed E-state index contributed by atoms with van der Waals surface area (Å²) in [6.07, 6.45) is -4.87. The molecule has 90 valence electrons. The van der Waals surface area contributed by atoms with Gasteiger partial charge in [0.05, 0.1) is 23.9 Å². The number of carbonyl (C=O) groups is 1. The smallest absolute Gasteiger partial charge is 0.397 e. The largest absolute Gasteiger partial charge is 0.471 e. The van der Waals surface area contributed by atoms with Gasteiger partial charge in [0.1, 0.15) is 0 Å². The molecule has 0 atom stereocenters. The van der Waals surface area contributed by atoms with E-state index in [0.717, 1.165) is 0 Å². The molecule has 1 aromatic carbocycles. The number of nitrogens with one attached hydrogen (secondary N) is 1. The number of nitriles is 1. The Morgan fingerprint density at radius 2 is 2.12 bits per heavy atom. The van der Waals surface area contributed by atoms with Crippen LogP contribution in [0.5, 0.6) is 0 Å². The van der Waals surface area contributed by atoms with E-state index >= 15 is 0 Å². The number of benzene rings is 1. The molecule has 0 radical (unpaired) electrons. The fourth-order valence-electron chi connectivity index (χ4n) is 1.12. The van der Waals surface area contributed by atoms with Crippen molar-refractivity contribution in [1.29, 1.82) is 5.26 Å². The average Bonchev–Trinajstić information content (AvgIpc) is 2.21. The van der Waals surface area contributed by atoms with E-state index in [1.807, 2.05) is 6.07 Å². The number of nitrogen functional groups attached to an aromatic ring is 1. The quantitative estimate of drug-likeness (QED) is 0.778. The summed E-state index contributed by atoms with van der Waals surface area (Å²) in [4.78, 5) is 10.7. The van der Waals surface area contributed by atoms with Gasteiger partial charge in [0.15, 0.2) is 0 Å². The third-order valence-electron chi connectivity index (χ3n) is 1.90. The van der Waals surface area contributed by atoms with E-state index < -0.39 is 12.1 Å². The van der Waals surface area contributed by atoms with Crippen LogP contribution in [-0.4, -0.2) is 12.1 Å². The van der Waals surface area contributed by atoms with Gasteiger partial charge in [-0.25, -0.2) is 0 Å². The van der Waals surface area contributed by atoms with Crippen LogP contribution in [0.15, 0.2) is 18.2 Å². The molecule has 3 N–H and O–H groups in total. The van der Waals surface area contributed by atoms with Crippen LogP contribution >= 0.6 is 0 Å². The first-order valence-corrected chi connectivity index (χ1v) is 4.48. The summed E-state index contributed by atoms with van der Waals surface area (Å²) < 4.78 is 35.9. The SMILES string of the molecule is N#CCc1ccc(NC(=O)C(F)(F)F)c(N)c1. The fraction of sp³-hybridized carbons (Fsp3) is 0.200. The Labute approximate surface area is 94.8 Å². The first-order chi connectivity index (χ1) is 7.84. The maximum Gasteiger partial charge on any atom is 0.471 e. The van der Waals surface area contributed by atoms with Gasteiger partial charge < -0.3 is 11.1 Å². The predicted octanol–water partition coefficient (Wildman–Crippen LogP) is 1.84. The van der Waals surface area contributed by atoms with Crippen LogP contribution in [0.1, 0.15) is 5.56 Å². The second-order valence-corrected chi connectivity index (χ2v) is 3.21. The van der Waals surface area contributed by atoms with Crippen molar-refractivity contribution < 1.29 is 18.0 Å². The van der Waals surface area contributed by atoms with Gasteiger partial charge in [-0.05, 0) is 17.7 Å². The highest BCUT2D eigenvalue weighted by atomic mass is 19.4. The zero-order valence-electron chi connectivity index (χ0n) is 8.51. The van der Waals surface area contributed by atoms with Gasteiger partial charge >= 0.3 is 12.1 Å². The van der Waals surface area contributed by atoms with Crippen molar-refractivity contribution in [2.75, 3.05) is 11.1 Å². The fourth-order valence-corrected chi connectivity index (χ4v) is 1.12. The number of carbonyl (C=O) groups excluding carboxylic acids is 1. The highest BCUT2D eigenvalue weighted by molar-refractivity contribution is 5.97. The number of alkyl halides is 3. The molecule has 0 spiro atoms. The molecule has 0 saturated heterocycles. The highest BCUT2D eigenvalue weighted by Gasteiger charge is 2.38. The van der Waals surface area contributed by atoms with Crippen LogP contribution in [0.25, 0.3) is 0 Å². The number of hydrogen-bond acceptors (Lipinski definition) is 3. The van der Waals surface area contributed by atoms with E-state index in [9.17, 15) is 18.0 Å². The summed E-state index contributed by atoms with van der Waals surface area (Å²) in [6.45, 7) is 0. The number of nitrogens with zero attached hydrogens (tertiary/aromatic N) is 1. The summed E-state index contributed by atoms with van der Waals surface area (Å²) in [5.74, 6) is -2.09. The maximum absolute atomic E-state index is 12.0. The maximum atomic E-state index is 12.0. The lowest BCUT2D eigenvalue weighted by Gasteiger charge is -2.10. The summed E-state index contributed by atoms with van der Waals surface area (Å²) in [6, 6.07) is 5.87. The van der Waals surface area contributed by atoms with E-state index in [2.05, 4.69) is 0 Å². The highest BCUT2D eigenvalue weighted by Crippen LogP contribution is 2.23. The van der Waals surface area contributed by atoms with Gasteiger partial charge in [-0.1, -0.05) is 6.07 Å². The molecule has 0 aliphatic heterocycles. The molecule has 0 saturated carbocycles. The van der Waals surface area contributed by atoms with E-state index in [1.54, 1.807) is 5.32 Å². The van der Waals surface area contributed by atoms with Crippen molar-refractivity contribution >= 4 is 17.3 Å². The molecule has 0 bridgehead atoms. The Balaban J connectivity index is 2.87. The summed E-state index contributed by atoms with van der Waals surface area (Å²) in [5.41, 5.74) is 5.87. The lowest BCUT2D eigenvalue weighted by Crippen LogP contribution is -2.30. The van der Waals surface area contributed by atoms with Crippen LogP contribution in [0.3, 0.4) is 0 Å². The van der Waals surface area contributed by atoms with Crippen molar-refractivity contribution in [2.24, 2.45) is 0 Å². The third-order valence-corrected chi connectivity index (χ3v) is 1.90. The van der Waals surface area contributed by atoms with Gasteiger partial charge in [-0.2, -0.15) is 18.4 Å². The molecule has 0 fully saturated rings. The molecule has 1 aromatic rings. The Morgan fingerprint density at radius 3 is 2.59 bits per heavy atom. The van der Waals surface area contributed by atoms with Gasteiger partial charge in [0.25, 0.3) is 0 Å². The number of amides is 1. The minimum Gasteiger partial charge on any atom is -0.397 e. The third kappa shape index (κ3) is 3.38. The first-order valence-electron chi connectivity index (χ1n) is 4.48. The number of anilines is 2. The van der Waals surface area contributed by atoms with Crippen molar-refractivity contribution in [2.45, 2.75) is 12.6 Å². The van der Waals surface area contributed by atoms with Crippen LogP contribution < -0.4 is 11.1 Å².